The van der Waals surface area contributed by atoms with E-state index in [1.165, 1.54) is 16.2 Å². The summed E-state index contributed by atoms with van der Waals surface area (Å²) in [5.74, 6) is 5.31. The molecule has 1 aliphatic heterocycles. The van der Waals surface area contributed by atoms with Gasteiger partial charge in [0.15, 0.2) is 0 Å². The van der Waals surface area contributed by atoms with Crippen LogP contribution in [-0.2, 0) is 6.54 Å². The predicted octanol–water partition coefficient (Wildman–Crippen LogP) is 0.944. The Labute approximate surface area is 117 Å². The van der Waals surface area contributed by atoms with E-state index in [-0.39, 0.29) is 12.0 Å². The zero-order valence-electron chi connectivity index (χ0n) is 11.1. The van der Waals surface area contributed by atoms with E-state index in [9.17, 15) is 9.90 Å². The Morgan fingerprint density at radius 1 is 1.58 bits per heavy atom. The van der Waals surface area contributed by atoms with Crippen molar-refractivity contribution >= 4 is 17.2 Å². The fourth-order valence-electron chi connectivity index (χ4n) is 2.47. The second-order valence-electron chi connectivity index (χ2n) is 5.09. The summed E-state index contributed by atoms with van der Waals surface area (Å²) in [7, 11) is 0. The molecule has 106 valence electrons. The molecule has 6 heteroatoms. The summed E-state index contributed by atoms with van der Waals surface area (Å²) in [5.41, 5.74) is 2.15. The standard InChI is InChI=1S/C13H21N3O2S/c1-9(17)10-4-6-16(7-5-10)8-11-2-3-12(19-11)13(18)15-14/h2-3,9-10,17H,4-8,14H2,1H3,(H,15,18). The third-order valence-corrected chi connectivity index (χ3v) is 4.78. The number of hydrogen-bond donors (Lipinski definition) is 3. The number of nitrogens with two attached hydrogens (primary N) is 1. The number of aliphatic hydroxyl groups is 1. The number of likely N-dealkylation sites (tertiary alicyclic amines) is 1. The molecule has 2 heterocycles. The number of carbonyl (C=O) groups is 1. The van der Waals surface area contributed by atoms with E-state index in [4.69, 9.17) is 5.84 Å². The summed E-state index contributed by atoms with van der Waals surface area (Å²) in [6.45, 7) is 4.75. The van der Waals surface area contributed by atoms with Gasteiger partial charge >= 0.3 is 0 Å². The van der Waals surface area contributed by atoms with E-state index in [0.717, 1.165) is 32.5 Å². The molecule has 0 saturated carbocycles. The zero-order valence-corrected chi connectivity index (χ0v) is 11.9. The molecule has 5 nitrogen and oxygen atoms in total. The molecule has 1 aromatic heterocycles. The highest BCUT2D eigenvalue weighted by molar-refractivity contribution is 7.14. The van der Waals surface area contributed by atoms with Gasteiger partial charge < -0.3 is 5.11 Å². The number of nitrogens with zero attached hydrogens (tertiary/aromatic N) is 1. The van der Waals surface area contributed by atoms with E-state index in [1.807, 2.05) is 19.1 Å². The lowest BCUT2D eigenvalue weighted by Crippen LogP contribution is -2.36. The predicted molar refractivity (Wildman–Crippen MR) is 75.7 cm³/mol. The topological polar surface area (TPSA) is 78.6 Å². The number of nitrogen functional groups attached to an aromatic ring is 1. The molecular weight excluding hydrogens is 262 g/mol. The van der Waals surface area contributed by atoms with Crippen molar-refractivity contribution in [2.75, 3.05) is 13.1 Å². The molecule has 1 amide bonds. The number of aliphatic hydroxyl groups excluding tert-OH is 1. The van der Waals surface area contributed by atoms with Crippen molar-refractivity contribution < 1.29 is 9.90 Å². The average Bonchev–Trinajstić information content (AvgIpc) is 2.87. The van der Waals surface area contributed by atoms with Gasteiger partial charge in [-0.3, -0.25) is 15.1 Å². The molecule has 1 aromatic rings. The molecule has 0 spiro atoms. The summed E-state index contributed by atoms with van der Waals surface area (Å²) in [4.78, 5) is 15.6. The van der Waals surface area contributed by atoms with Gasteiger partial charge in [-0.2, -0.15) is 0 Å². The molecule has 0 bridgehead atoms. The summed E-state index contributed by atoms with van der Waals surface area (Å²) < 4.78 is 0. The monoisotopic (exact) mass is 283 g/mol. The number of nitrogens with one attached hydrogen (secondary N) is 1. The van der Waals surface area contributed by atoms with Crippen LogP contribution in [0.3, 0.4) is 0 Å². The molecule has 2 rings (SSSR count). The molecule has 1 aliphatic rings. The molecule has 0 aliphatic carbocycles. The van der Waals surface area contributed by atoms with Gasteiger partial charge in [0, 0.05) is 11.4 Å². The van der Waals surface area contributed by atoms with Gasteiger partial charge in [0.05, 0.1) is 11.0 Å². The Bertz CT molecular complexity index is 425. The normalized spacial score (nSPS) is 19.3. The minimum absolute atomic E-state index is 0.205. The highest BCUT2D eigenvalue weighted by Gasteiger charge is 2.22. The lowest BCUT2D eigenvalue weighted by molar-refractivity contribution is 0.0698. The van der Waals surface area contributed by atoms with E-state index in [0.29, 0.717) is 10.8 Å². The van der Waals surface area contributed by atoms with E-state index >= 15 is 0 Å². The van der Waals surface area contributed by atoms with E-state index in [2.05, 4.69) is 10.3 Å². The van der Waals surface area contributed by atoms with Crippen molar-refractivity contribution in [2.45, 2.75) is 32.4 Å². The first-order chi connectivity index (χ1) is 9.10. The summed E-state index contributed by atoms with van der Waals surface area (Å²) in [6, 6.07) is 3.79. The second kappa shape index (κ2) is 6.47. The molecule has 0 radical (unpaired) electrons. The van der Waals surface area contributed by atoms with Gasteiger partial charge in [-0.1, -0.05) is 0 Å². The first-order valence-corrected chi connectivity index (χ1v) is 7.42. The highest BCUT2D eigenvalue weighted by Crippen LogP contribution is 2.24. The Morgan fingerprint density at radius 2 is 2.26 bits per heavy atom. The van der Waals surface area contributed by atoms with Crippen LogP contribution in [0, 0.1) is 5.92 Å². The SMILES string of the molecule is CC(O)C1CCN(Cc2ccc(C(=O)NN)s2)CC1. The maximum absolute atomic E-state index is 11.4. The van der Waals surface area contributed by atoms with E-state index in [1.54, 1.807) is 0 Å². The smallest absolute Gasteiger partial charge is 0.275 e. The molecule has 1 atom stereocenters. The van der Waals surface area contributed by atoms with Crippen LogP contribution in [0.25, 0.3) is 0 Å². The number of piperidine rings is 1. The molecule has 19 heavy (non-hydrogen) atoms. The number of thiophene rings is 1. The molecule has 1 fully saturated rings. The summed E-state index contributed by atoms with van der Waals surface area (Å²) in [6.07, 6.45) is 1.88. The van der Waals surface area contributed by atoms with Gasteiger partial charge in [-0.15, -0.1) is 11.3 Å². The lowest BCUT2D eigenvalue weighted by Gasteiger charge is -2.32. The summed E-state index contributed by atoms with van der Waals surface area (Å²) >= 11 is 1.48. The van der Waals surface area contributed by atoms with E-state index < -0.39 is 0 Å². The van der Waals surface area contributed by atoms with Crippen LogP contribution in [0.2, 0.25) is 0 Å². The van der Waals surface area contributed by atoms with Crippen LogP contribution in [0.15, 0.2) is 12.1 Å². The maximum atomic E-state index is 11.4. The van der Waals surface area contributed by atoms with Crippen LogP contribution >= 0.6 is 11.3 Å². The minimum atomic E-state index is -0.232. The number of hydrazine groups is 1. The highest BCUT2D eigenvalue weighted by atomic mass is 32.1. The van der Waals surface area contributed by atoms with Gasteiger partial charge in [0.1, 0.15) is 0 Å². The van der Waals surface area contributed by atoms with Gasteiger partial charge in [-0.05, 0) is 50.9 Å². The Morgan fingerprint density at radius 3 is 2.84 bits per heavy atom. The third kappa shape index (κ3) is 3.76. The molecule has 1 saturated heterocycles. The molecule has 0 aromatic carbocycles. The molecular formula is C13H21N3O2S. The first-order valence-electron chi connectivity index (χ1n) is 6.60. The van der Waals surface area contributed by atoms with Crippen LogP contribution in [0.1, 0.15) is 34.3 Å². The average molecular weight is 283 g/mol. The van der Waals surface area contributed by atoms with Crippen molar-refractivity contribution in [1.29, 1.82) is 0 Å². The Balaban J connectivity index is 1.85. The first kappa shape index (κ1) is 14.5. The molecule has 1 unspecified atom stereocenters. The van der Waals surface area contributed by atoms with Gasteiger partial charge in [-0.25, -0.2) is 5.84 Å². The quantitative estimate of drug-likeness (QED) is 0.437. The lowest BCUT2D eigenvalue weighted by atomic mass is 9.92. The van der Waals surface area contributed by atoms with Crippen molar-refractivity contribution in [3.05, 3.63) is 21.9 Å². The fourth-order valence-corrected chi connectivity index (χ4v) is 3.42. The maximum Gasteiger partial charge on any atom is 0.275 e. The van der Waals surface area contributed by atoms with Crippen LogP contribution < -0.4 is 11.3 Å². The van der Waals surface area contributed by atoms with Crippen molar-refractivity contribution in [3.63, 3.8) is 0 Å². The van der Waals surface area contributed by atoms with Gasteiger partial charge in [0.25, 0.3) is 5.91 Å². The minimum Gasteiger partial charge on any atom is -0.393 e. The van der Waals surface area contributed by atoms with Crippen LogP contribution in [0.4, 0.5) is 0 Å². The van der Waals surface area contributed by atoms with Crippen LogP contribution in [-0.4, -0.2) is 35.1 Å². The molecule has 4 N–H and O–H groups in total. The largest absolute Gasteiger partial charge is 0.393 e. The zero-order chi connectivity index (χ0) is 13.8. The third-order valence-electron chi connectivity index (χ3n) is 3.71. The van der Waals surface area contributed by atoms with Crippen molar-refractivity contribution in [2.24, 2.45) is 11.8 Å². The Hall–Kier alpha value is -0.950. The number of carbonyl (C=O) groups excluding carboxylic acids is 1. The van der Waals surface area contributed by atoms with Crippen LogP contribution in [0.5, 0.6) is 0 Å². The number of hydrogen-bond acceptors (Lipinski definition) is 5. The van der Waals surface area contributed by atoms with Crippen molar-refractivity contribution in [1.82, 2.24) is 10.3 Å². The Kier molecular flexibility index (Phi) is 4.93. The fraction of sp³-hybridized carbons (Fsp3) is 0.615. The van der Waals surface area contributed by atoms with Gasteiger partial charge in [0.2, 0.25) is 0 Å². The van der Waals surface area contributed by atoms with Crippen molar-refractivity contribution in [3.8, 4) is 0 Å². The number of amides is 1. The number of rotatable bonds is 4. The second-order valence-corrected chi connectivity index (χ2v) is 6.26. The summed E-state index contributed by atoms with van der Waals surface area (Å²) in [5, 5.41) is 9.57.